The van der Waals surface area contributed by atoms with E-state index in [1.54, 1.807) is 12.1 Å². The van der Waals surface area contributed by atoms with E-state index in [1.165, 1.54) is 0 Å². The summed E-state index contributed by atoms with van der Waals surface area (Å²) in [5.41, 5.74) is 9.10. The van der Waals surface area contributed by atoms with Crippen molar-refractivity contribution in [3.8, 4) is 11.5 Å². The zero-order valence-corrected chi connectivity index (χ0v) is 21.1. The fourth-order valence-corrected chi connectivity index (χ4v) is 3.70. The molecule has 200 valence electrons. The molecule has 0 saturated carbocycles. The van der Waals surface area contributed by atoms with Gasteiger partial charge in [-0.25, -0.2) is 0 Å². The normalized spacial score (nSPS) is 10.5. The molecule has 0 aliphatic heterocycles. The van der Waals surface area contributed by atoms with E-state index in [4.69, 9.17) is 9.47 Å². The van der Waals surface area contributed by atoms with E-state index in [9.17, 15) is 19.2 Å². The summed E-state index contributed by atoms with van der Waals surface area (Å²) >= 11 is 0. The van der Waals surface area contributed by atoms with Gasteiger partial charge in [0, 0.05) is 12.8 Å². The Morgan fingerprint density at radius 3 is 1.31 bits per heavy atom. The average Bonchev–Trinajstić information content (AvgIpc) is 2.96. The standard InChI is InChI=1S/C29H28N4O6/c34-26(30-32-28(36)18-38-24-14-12-20-6-1-3-8-22(20)16-24)10-5-11-27(35)31-33-29(37)19-39-25-15-13-21-7-2-4-9-23(21)17-25/h1-4,6-9,12-17H,5,10-11,18-19H2,(H,30,34)(H,31,35)(H,32,36)(H,33,37). The number of benzene rings is 4. The van der Waals surface area contributed by atoms with E-state index < -0.39 is 23.6 Å². The van der Waals surface area contributed by atoms with Crippen LogP contribution in [0.25, 0.3) is 21.5 Å². The van der Waals surface area contributed by atoms with Crippen molar-refractivity contribution in [2.24, 2.45) is 0 Å². The van der Waals surface area contributed by atoms with Crippen molar-refractivity contribution in [3.63, 3.8) is 0 Å². The van der Waals surface area contributed by atoms with E-state index >= 15 is 0 Å². The molecule has 0 unspecified atom stereocenters. The number of nitrogens with one attached hydrogen (secondary N) is 4. The van der Waals surface area contributed by atoms with Crippen LogP contribution < -0.4 is 31.2 Å². The van der Waals surface area contributed by atoms with Gasteiger partial charge in [0.05, 0.1) is 0 Å². The summed E-state index contributed by atoms with van der Waals surface area (Å²) in [6, 6.07) is 26.5. The van der Waals surface area contributed by atoms with Crippen molar-refractivity contribution in [2.75, 3.05) is 13.2 Å². The van der Waals surface area contributed by atoms with Crippen molar-refractivity contribution in [2.45, 2.75) is 19.3 Å². The second kappa shape index (κ2) is 13.4. The highest BCUT2D eigenvalue weighted by molar-refractivity contribution is 5.86. The lowest BCUT2D eigenvalue weighted by Crippen LogP contribution is -2.44. The van der Waals surface area contributed by atoms with Gasteiger partial charge in [-0.15, -0.1) is 0 Å². The first-order valence-electron chi connectivity index (χ1n) is 12.3. The molecule has 10 nitrogen and oxygen atoms in total. The molecule has 0 radical (unpaired) electrons. The maximum atomic E-state index is 12.0. The van der Waals surface area contributed by atoms with Gasteiger partial charge in [0.1, 0.15) is 11.5 Å². The van der Waals surface area contributed by atoms with Crippen LogP contribution in [0.1, 0.15) is 19.3 Å². The number of carbonyl (C=O) groups excluding carboxylic acids is 4. The molecular weight excluding hydrogens is 500 g/mol. The number of ether oxygens (including phenoxy) is 2. The van der Waals surface area contributed by atoms with Gasteiger partial charge >= 0.3 is 0 Å². The van der Waals surface area contributed by atoms with Crippen LogP contribution in [0.15, 0.2) is 84.9 Å². The lowest BCUT2D eigenvalue weighted by Gasteiger charge is -2.10. The summed E-state index contributed by atoms with van der Waals surface area (Å²) in [7, 11) is 0. The van der Waals surface area contributed by atoms with E-state index in [2.05, 4.69) is 21.7 Å². The molecule has 4 aromatic rings. The van der Waals surface area contributed by atoms with E-state index in [0.717, 1.165) is 21.5 Å². The van der Waals surface area contributed by atoms with Gasteiger partial charge in [-0.3, -0.25) is 40.9 Å². The van der Waals surface area contributed by atoms with Crippen molar-refractivity contribution in [3.05, 3.63) is 84.9 Å². The molecule has 4 N–H and O–H groups in total. The first-order chi connectivity index (χ1) is 19.0. The quantitative estimate of drug-likeness (QED) is 0.234. The molecule has 0 aliphatic carbocycles. The van der Waals surface area contributed by atoms with E-state index in [0.29, 0.717) is 11.5 Å². The van der Waals surface area contributed by atoms with Gasteiger partial charge < -0.3 is 9.47 Å². The molecule has 0 heterocycles. The second-order valence-corrected chi connectivity index (χ2v) is 8.64. The smallest absolute Gasteiger partial charge is 0.276 e. The van der Waals surface area contributed by atoms with E-state index in [1.807, 2.05) is 72.8 Å². The second-order valence-electron chi connectivity index (χ2n) is 8.64. The average molecular weight is 529 g/mol. The number of hydrogen-bond donors (Lipinski definition) is 4. The molecule has 39 heavy (non-hydrogen) atoms. The predicted molar refractivity (Wildman–Crippen MR) is 145 cm³/mol. The number of hydrogen-bond acceptors (Lipinski definition) is 6. The highest BCUT2D eigenvalue weighted by Crippen LogP contribution is 2.21. The van der Waals surface area contributed by atoms with Crippen LogP contribution in [0, 0.1) is 0 Å². The third-order valence-electron chi connectivity index (χ3n) is 5.67. The Labute approximate surface area is 224 Å². The SMILES string of the molecule is O=C(CCCC(=O)NNC(=O)COc1ccc2ccccc2c1)NNC(=O)COc1ccc2ccccc2c1. The zero-order chi connectivity index (χ0) is 27.5. The van der Waals surface area contributed by atoms with Gasteiger partial charge in [0.15, 0.2) is 13.2 Å². The minimum Gasteiger partial charge on any atom is -0.484 e. The predicted octanol–water partition coefficient (Wildman–Crippen LogP) is 2.92. The number of amides is 4. The maximum absolute atomic E-state index is 12.0. The molecule has 0 spiro atoms. The summed E-state index contributed by atoms with van der Waals surface area (Å²) in [5.74, 6) is -0.905. The molecule has 0 atom stereocenters. The summed E-state index contributed by atoms with van der Waals surface area (Å²) < 4.78 is 10.9. The highest BCUT2D eigenvalue weighted by atomic mass is 16.5. The van der Waals surface area contributed by atoms with Crippen molar-refractivity contribution in [1.82, 2.24) is 21.7 Å². The lowest BCUT2D eigenvalue weighted by atomic mass is 10.1. The zero-order valence-electron chi connectivity index (χ0n) is 21.1. The number of rotatable bonds is 10. The Bertz CT molecular complexity index is 1380. The summed E-state index contributed by atoms with van der Waals surface area (Å²) in [4.78, 5) is 47.8. The molecule has 0 aromatic heterocycles. The number of carbonyl (C=O) groups is 4. The first-order valence-corrected chi connectivity index (χ1v) is 12.3. The minimum absolute atomic E-state index is 0.00173. The van der Waals surface area contributed by atoms with Crippen molar-refractivity contribution >= 4 is 45.2 Å². The summed E-state index contributed by atoms with van der Waals surface area (Å²) in [6.45, 7) is -0.545. The van der Waals surface area contributed by atoms with Crippen LogP contribution in [0.3, 0.4) is 0 Å². The molecule has 0 fully saturated rings. The van der Waals surface area contributed by atoms with Crippen LogP contribution in [0.2, 0.25) is 0 Å². The van der Waals surface area contributed by atoms with Gasteiger partial charge in [0.25, 0.3) is 11.8 Å². The van der Waals surface area contributed by atoms with Crippen molar-refractivity contribution in [1.29, 1.82) is 0 Å². The van der Waals surface area contributed by atoms with Crippen LogP contribution in [0.4, 0.5) is 0 Å². The lowest BCUT2D eigenvalue weighted by molar-refractivity contribution is -0.131. The van der Waals surface area contributed by atoms with Gasteiger partial charge in [-0.1, -0.05) is 60.7 Å². The molecule has 4 amide bonds. The molecule has 0 bridgehead atoms. The van der Waals surface area contributed by atoms with Gasteiger partial charge in [-0.05, 0) is 52.2 Å². The number of fused-ring (bicyclic) bond motifs is 2. The number of hydrazine groups is 2. The topological polar surface area (TPSA) is 135 Å². The Morgan fingerprint density at radius 2 is 0.872 bits per heavy atom. The third-order valence-corrected chi connectivity index (χ3v) is 5.67. The first kappa shape index (κ1) is 26.9. The molecule has 4 rings (SSSR count). The largest absolute Gasteiger partial charge is 0.484 e. The fourth-order valence-electron chi connectivity index (χ4n) is 3.70. The Balaban J connectivity index is 1.05. The Hall–Kier alpha value is -5.12. The molecule has 4 aromatic carbocycles. The van der Waals surface area contributed by atoms with E-state index in [-0.39, 0.29) is 32.5 Å². The van der Waals surface area contributed by atoms with Crippen LogP contribution in [0.5, 0.6) is 11.5 Å². The fraction of sp³-hybridized carbons (Fsp3) is 0.172. The summed E-state index contributed by atoms with van der Waals surface area (Å²) in [6.07, 6.45) is 0.209. The summed E-state index contributed by atoms with van der Waals surface area (Å²) in [5, 5.41) is 4.09. The van der Waals surface area contributed by atoms with Crippen LogP contribution in [-0.4, -0.2) is 36.8 Å². The molecular formula is C29H28N4O6. The third kappa shape index (κ3) is 8.46. The van der Waals surface area contributed by atoms with Crippen LogP contribution in [-0.2, 0) is 19.2 Å². The molecule has 10 heteroatoms. The Kier molecular flexibility index (Phi) is 9.27. The maximum Gasteiger partial charge on any atom is 0.276 e. The Morgan fingerprint density at radius 1 is 0.487 bits per heavy atom. The van der Waals surface area contributed by atoms with Gasteiger partial charge in [0.2, 0.25) is 11.8 Å². The van der Waals surface area contributed by atoms with Crippen molar-refractivity contribution < 1.29 is 28.7 Å². The molecule has 0 aliphatic rings. The van der Waals surface area contributed by atoms with Gasteiger partial charge in [-0.2, -0.15) is 0 Å². The highest BCUT2D eigenvalue weighted by Gasteiger charge is 2.09. The monoisotopic (exact) mass is 528 g/mol. The van der Waals surface area contributed by atoms with Crippen LogP contribution >= 0.6 is 0 Å². The molecule has 0 saturated heterocycles. The minimum atomic E-state index is -0.525.